The lowest BCUT2D eigenvalue weighted by atomic mass is 9.99. The summed E-state index contributed by atoms with van der Waals surface area (Å²) in [5.41, 5.74) is 2.34. The molecule has 5 nitrogen and oxygen atoms in total. The summed E-state index contributed by atoms with van der Waals surface area (Å²) < 4.78 is 10.9. The Balaban J connectivity index is 1.49. The van der Waals surface area contributed by atoms with E-state index in [1.165, 1.54) is 11.1 Å². The summed E-state index contributed by atoms with van der Waals surface area (Å²) in [6.45, 7) is 1.15. The minimum absolute atomic E-state index is 0.0227. The van der Waals surface area contributed by atoms with Gasteiger partial charge in [0, 0.05) is 11.1 Å². The standard InChI is InChI=1S/C24H26N2O3/c1-28-21-14-8-9-15-22(21)29-17-16-25-23(27)18-26-24(19-10-4-2-5-11-19)20-12-6-3-7-13-20/h2-15,24,26H,16-18H2,1H3,(H,25,27)/p+1. The molecule has 0 saturated heterocycles. The molecular weight excluding hydrogens is 364 g/mol. The Hall–Kier alpha value is -3.31. The van der Waals surface area contributed by atoms with Crippen LogP contribution in [0.2, 0.25) is 0 Å². The average molecular weight is 391 g/mol. The molecule has 1 amide bonds. The maximum Gasteiger partial charge on any atom is 0.275 e. The molecule has 3 aromatic rings. The molecule has 0 bridgehead atoms. The van der Waals surface area contributed by atoms with E-state index in [0.29, 0.717) is 31.2 Å². The molecule has 150 valence electrons. The molecule has 3 N–H and O–H groups in total. The Labute approximate surface area is 171 Å². The van der Waals surface area contributed by atoms with Crippen LogP contribution < -0.4 is 20.1 Å². The Morgan fingerprint density at radius 1 is 0.862 bits per heavy atom. The maximum atomic E-state index is 12.3. The van der Waals surface area contributed by atoms with Crippen molar-refractivity contribution in [3.8, 4) is 11.5 Å². The largest absolute Gasteiger partial charge is 0.493 e. The van der Waals surface area contributed by atoms with E-state index in [9.17, 15) is 4.79 Å². The van der Waals surface area contributed by atoms with Gasteiger partial charge < -0.3 is 20.1 Å². The van der Waals surface area contributed by atoms with Gasteiger partial charge in [0.25, 0.3) is 5.91 Å². The number of hydrogen-bond acceptors (Lipinski definition) is 3. The molecule has 0 aliphatic rings. The molecule has 3 rings (SSSR count). The Morgan fingerprint density at radius 3 is 2.00 bits per heavy atom. The van der Waals surface area contributed by atoms with Crippen LogP contribution in [0.15, 0.2) is 84.9 Å². The Bertz CT molecular complexity index is 845. The van der Waals surface area contributed by atoms with Crippen molar-refractivity contribution in [2.24, 2.45) is 0 Å². The van der Waals surface area contributed by atoms with E-state index in [2.05, 4.69) is 34.9 Å². The van der Waals surface area contributed by atoms with Gasteiger partial charge in [-0.3, -0.25) is 4.79 Å². The number of carbonyl (C=O) groups is 1. The van der Waals surface area contributed by atoms with Crippen molar-refractivity contribution < 1.29 is 19.6 Å². The summed E-state index contributed by atoms with van der Waals surface area (Å²) in [4.78, 5) is 12.3. The van der Waals surface area contributed by atoms with Crippen LogP contribution in [-0.4, -0.2) is 32.7 Å². The second-order valence-corrected chi connectivity index (χ2v) is 6.59. The minimum atomic E-state index is -0.0227. The van der Waals surface area contributed by atoms with Crippen LogP contribution in [0.1, 0.15) is 17.2 Å². The average Bonchev–Trinajstić information content (AvgIpc) is 2.78. The van der Waals surface area contributed by atoms with Gasteiger partial charge in [-0.2, -0.15) is 0 Å². The second kappa shape index (κ2) is 10.9. The van der Waals surface area contributed by atoms with Crippen LogP contribution in [0, 0.1) is 0 Å². The molecule has 0 aliphatic heterocycles. The van der Waals surface area contributed by atoms with E-state index in [1.807, 2.05) is 60.7 Å². The molecule has 29 heavy (non-hydrogen) atoms. The van der Waals surface area contributed by atoms with Crippen LogP contribution >= 0.6 is 0 Å². The lowest BCUT2D eigenvalue weighted by Gasteiger charge is -2.16. The molecule has 0 saturated carbocycles. The van der Waals surface area contributed by atoms with Gasteiger partial charge in [0.2, 0.25) is 0 Å². The van der Waals surface area contributed by atoms with Crippen molar-refractivity contribution in [2.75, 3.05) is 26.8 Å². The van der Waals surface area contributed by atoms with Gasteiger partial charge in [-0.25, -0.2) is 0 Å². The molecule has 0 aliphatic carbocycles. The van der Waals surface area contributed by atoms with Gasteiger partial charge >= 0.3 is 0 Å². The van der Waals surface area contributed by atoms with E-state index in [1.54, 1.807) is 7.11 Å². The van der Waals surface area contributed by atoms with Crippen molar-refractivity contribution in [1.29, 1.82) is 0 Å². The van der Waals surface area contributed by atoms with E-state index in [-0.39, 0.29) is 11.9 Å². The van der Waals surface area contributed by atoms with Crippen molar-refractivity contribution in [1.82, 2.24) is 5.32 Å². The second-order valence-electron chi connectivity index (χ2n) is 6.59. The first-order valence-electron chi connectivity index (χ1n) is 9.73. The van der Waals surface area contributed by atoms with Crippen LogP contribution in [-0.2, 0) is 4.79 Å². The molecule has 0 radical (unpaired) electrons. The minimum Gasteiger partial charge on any atom is -0.493 e. The van der Waals surface area contributed by atoms with Crippen LogP contribution in [0.3, 0.4) is 0 Å². The molecule has 0 unspecified atom stereocenters. The number of rotatable bonds is 10. The van der Waals surface area contributed by atoms with E-state index >= 15 is 0 Å². The van der Waals surface area contributed by atoms with Crippen LogP contribution in [0.4, 0.5) is 0 Å². The molecule has 0 spiro atoms. The predicted octanol–water partition coefficient (Wildman–Crippen LogP) is 2.54. The normalized spacial score (nSPS) is 10.6. The van der Waals surface area contributed by atoms with Crippen molar-refractivity contribution >= 4 is 5.91 Å². The highest BCUT2D eigenvalue weighted by atomic mass is 16.5. The molecule has 3 aromatic carbocycles. The third-order valence-corrected chi connectivity index (χ3v) is 4.61. The molecular formula is C24H27N2O3+. The van der Waals surface area contributed by atoms with Crippen molar-refractivity contribution in [3.63, 3.8) is 0 Å². The summed E-state index contributed by atoms with van der Waals surface area (Å²) in [7, 11) is 1.61. The number of hydrogen-bond donors (Lipinski definition) is 2. The third kappa shape index (κ3) is 6.09. The number of nitrogens with one attached hydrogen (secondary N) is 1. The smallest absolute Gasteiger partial charge is 0.275 e. The van der Waals surface area contributed by atoms with E-state index in [0.717, 1.165) is 0 Å². The van der Waals surface area contributed by atoms with Crippen molar-refractivity contribution in [3.05, 3.63) is 96.1 Å². The third-order valence-electron chi connectivity index (χ3n) is 4.61. The number of amides is 1. The zero-order chi connectivity index (χ0) is 20.3. The Kier molecular flexibility index (Phi) is 7.66. The van der Waals surface area contributed by atoms with Gasteiger partial charge in [0.1, 0.15) is 12.6 Å². The maximum absolute atomic E-state index is 12.3. The number of benzene rings is 3. The molecule has 0 fully saturated rings. The van der Waals surface area contributed by atoms with Gasteiger partial charge in [-0.15, -0.1) is 0 Å². The number of quaternary nitrogens is 1. The fraction of sp³-hybridized carbons (Fsp3) is 0.208. The number of ether oxygens (including phenoxy) is 2. The molecule has 5 heteroatoms. The highest BCUT2D eigenvalue weighted by Gasteiger charge is 2.18. The number of carbonyl (C=O) groups excluding carboxylic acids is 1. The lowest BCUT2D eigenvalue weighted by molar-refractivity contribution is -0.676. The quantitative estimate of drug-likeness (QED) is 0.522. The van der Waals surface area contributed by atoms with Gasteiger partial charge in [0.15, 0.2) is 18.0 Å². The number of nitrogens with two attached hydrogens (primary N) is 1. The van der Waals surface area contributed by atoms with Crippen molar-refractivity contribution in [2.45, 2.75) is 6.04 Å². The van der Waals surface area contributed by atoms with Gasteiger partial charge in [-0.1, -0.05) is 72.8 Å². The SMILES string of the molecule is COc1ccccc1OCCNC(=O)C[NH2+]C(c1ccccc1)c1ccccc1. The highest BCUT2D eigenvalue weighted by Crippen LogP contribution is 2.25. The Morgan fingerprint density at radius 2 is 1.41 bits per heavy atom. The molecule has 0 atom stereocenters. The van der Waals surface area contributed by atoms with Gasteiger partial charge in [0.05, 0.1) is 13.7 Å². The fourth-order valence-electron chi connectivity index (χ4n) is 3.17. The summed E-state index contributed by atoms with van der Waals surface area (Å²) in [6, 6.07) is 28.0. The topological polar surface area (TPSA) is 64.2 Å². The summed E-state index contributed by atoms with van der Waals surface area (Å²) in [5, 5.41) is 4.97. The molecule has 0 heterocycles. The number of para-hydroxylation sites is 2. The first-order valence-corrected chi connectivity index (χ1v) is 9.73. The van der Waals surface area contributed by atoms with Gasteiger partial charge in [-0.05, 0) is 12.1 Å². The monoisotopic (exact) mass is 391 g/mol. The van der Waals surface area contributed by atoms with E-state index < -0.39 is 0 Å². The summed E-state index contributed by atoms with van der Waals surface area (Å²) in [6.07, 6.45) is 0. The van der Waals surface area contributed by atoms with Crippen LogP contribution in [0.5, 0.6) is 11.5 Å². The zero-order valence-electron chi connectivity index (χ0n) is 16.6. The zero-order valence-corrected chi connectivity index (χ0v) is 16.6. The summed E-state index contributed by atoms with van der Waals surface area (Å²) in [5.74, 6) is 1.33. The fourth-order valence-corrected chi connectivity index (χ4v) is 3.17. The van der Waals surface area contributed by atoms with Crippen LogP contribution in [0.25, 0.3) is 0 Å². The lowest BCUT2D eigenvalue weighted by Crippen LogP contribution is -2.87. The first kappa shape index (κ1) is 20.4. The first-order chi connectivity index (χ1) is 14.3. The predicted molar refractivity (Wildman–Crippen MR) is 113 cm³/mol. The summed E-state index contributed by atoms with van der Waals surface area (Å²) >= 11 is 0. The molecule has 0 aromatic heterocycles. The van der Waals surface area contributed by atoms with E-state index in [4.69, 9.17) is 9.47 Å². The number of methoxy groups -OCH3 is 1. The highest BCUT2D eigenvalue weighted by molar-refractivity contribution is 5.76.